The fraction of sp³-hybridized carbons (Fsp3) is 0.346. The molecule has 1 aliphatic heterocycles. The van der Waals surface area contributed by atoms with E-state index in [2.05, 4.69) is 74.6 Å². The van der Waals surface area contributed by atoms with Gasteiger partial charge < -0.3 is 15.5 Å². The predicted octanol–water partition coefficient (Wildman–Crippen LogP) is 5.30. The number of anilines is 2. The highest BCUT2D eigenvalue weighted by Gasteiger charge is 2.38. The second-order valence-electron chi connectivity index (χ2n) is 8.35. The van der Waals surface area contributed by atoms with Gasteiger partial charge in [0.1, 0.15) is 5.82 Å². The first kappa shape index (κ1) is 23.2. The van der Waals surface area contributed by atoms with E-state index in [0.29, 0.717) is 17.8 Å². The van der Waals surface area contributed by atoms with Crippen LogP contribution >= 0.6 is 15.9 Å². The van der Waals surface area contributed by atoms with E-state index in [9.17, 15) is 9.59 Å². The van der Waals surface area contributed by atoms with Crippen molar-refractivity contribution in [1.29, 1.82) is 0 Å². The molecule has 172 valence electrons. The summed E-state index contributed by atoms with van der Waals surface area (Å²) in [4.78, 5) is 33.1. The number of allylic oxidation sites excluding steroid dienone is 3. The number of rotatable bonds is 6. The van der Waals surface area contributed by atoms with Gasteiger partial charge in [-0.1, -0.05) is 12.1 Å². The summed E-state index contributed by atoms with van der Waals surface area (Å²) in [5.74, 6) is -0.0807. The van der Waals surface area contributed by atoms with E-state index in [-0.39, 0.29) is 11.7 Å². The molecule has 7 heteroatoms. The van der Waals surface area contributed by atoms with Crippen LogP contribution in [0, 0.1) is 0 Å². The summed E-state index contributed by atoms with van der Waals surface area (Å²) in [6.07, 6.45) is 3.80. The van der Waals surface area contributed by atoms with E-state index in [1.54, 1.807) is 12.3 Å². The van der Waals surface area contributed by atoms with E-state index < -0.39 is 5.92 Å². The Labute approximate surface area is 203 Å². The number of hydrogen-bond donors (Lipinski definition) is 2. The average molecular weight is 509 g/mol. The van der Waals surface area contributed by atoms with Crippen LogP contribution in [0.5, 0.6) is 0 Å². The molecule has 33 heavy (non-hydrogen) atoms. The minimum Gasteiger partial charge on any atom is -0.372 e. The molecule has 2 N–H and O–H groups in total. The van der Waals surface area contributed by atoms with Crippen LogP contribution in [0.4, 0.5) is 11.5 Å². The lowest BCUT2D eigenvalue weighted by molar-refractivity contribution is -0.116. The van der Waals surface area contributed by atoms with Crippen LogP contribution < -0.4 is 15.5 Å². The minimum atomic E-state index is -0.407. The molecule has 0 spiro atoms. The first-order chi connectivity index (χ1) is 15.9. The molecule has 1 aliphatic carbocycles. The topological polar surface area (TPSA) is 74.3 Å². The molecule has 2 aliphatic rings. The number of hydrogen-bond acceptors (Lipinski definition) is 5. The number of amides is 1. The maximum Gasteiger partial charge on any atom is 0.255 e. The highest BCUT2D eigenvalue weighted by molar-refractivity contribution is 9.10. The number of carbonyl (C=O) groups excluding carboxylic acids is 2. The van der Waals surface area contributed by atoms with Gasteiger partial charge in [-0.25, -0.2) is 4.98 Å². The van der Waals surface area contributed by atoms with Crippen LogP contribution in [0.25, 0.3) is 0 Å². The Bertz CT molecular complexity index is 1120. The Balaban J connectivity index is 1.74. The van der Waals surface area contributed by atoms with Gasteiger partial charge in [0, 0.05) is 64.3 Å². The van der Waals surface area contributed by atoms with Gasteiger partial charge in [-0.2, -0.15) is 0 Å². The number of Topliss-reactive ketones (excluding diaryl/α,β-unsaturated/α-hetero) is 1. The number of ketones is 1. The molecule has 1 aromatic heterocycles. The van der Waals surface area contributed by atoms with Crippen molar-refractivity contribution in [2.24, 2.45) is 0 Å². The molecule has 1 aromatic carbocycles. The summed E-state index contributed by atoms with van der Waals surface area (Å²) >= 11 is 3.37. The molecule has 0 fully saturated rings. The van der Waals surface area contributed by atoms with Crippen LogP contribution in [-0.2, 0) is 9.59 Å². The fourth-order valence-corrected chi connectivity index (χ4v) is 4.95. The monoisotopic (exact) mass is 508 g/mol. The van der Waals surface area contributed by atoms with Gasteiger partial charge in [-0.15, -0.1) is 0 Å². The summed E-state index contributed by atoms with van der Waals surface area (Å²) in [6, 6.07) is 11.8. The van der Waals surface area contributed by atoms with Gasteiger partial charge >= 0.3 is 0 Å². The van der Waals surface area contributed by atoms with E-state index in [4.69, 9.17) is 0 Å². The van der Waals surface area contributed by atoms with Crippen LogP contribution in [0.15, 0.2) is 69.6 Å². The van der Waals surface area contributed by atoms with Crippen LogP contribution in [0.3, 0.4) is 0 Å². The molecular formula is C26H29BrN4O2. The SMILES string of the molecule is CCN(CC)c1ccc([C@@H]2C(C(=O)Nc3ccc(Br)cn3)=C(C)NC3=C2C(=O)CCC3)cc1. The van der Waals surface area contributed by atoms with Gasteiger partial charge in [-0.05, 0) is 79.4 Å². The number of nitrogens with zero attached hydrogens (tertiary/aromatic N) is 2. The normalized spacial score (nSPS) is 18.1. The van der Waals surface area contributed by atoms with E-state index in [1.165, 1.54) is 0 Å². The summed E-state index contributed by atoms with van der Waals surface area (Å²) in [6.45, 7) is 8.01. The maximum atomic E-state index is 13.5. The molecule has 0 bridgehead atoms. The fourth-order valence-electron chi connectivity index (χ4n) is 4.72. The zero-order chi connectivity index (χ0) is 23.5. The summed E-state index contributed by atoms with van der Waals surface area (Å²) in [5, 5.41) is 6.28. The van der Waals surface area contributed by atoms with Gasteiger partial charge in [-0.3, -0.25) is 9.59 Å². The van der Waals surface area contributed by atoms with Crippen molar-refractivity contribution in [3.05, 3.63) is 75.2 Å². The molecule has 0 radical (unpaired) electrons. The molecule has 2 heterocycles. The Morgan fingerprint density at radius 1 is 1.15 bits per heavy atom. The number of benzene rings is 1. The summed E-state index contributed by atoms with van der Waals surface area (Å²) < 4.78 is 0.837. The lowest BCUT2D eigenvalue weighted by Gasteiger charge is -2.34. The van der Waals surface area contributed by atoms with Crippen molar-refractivity contribution in [3.8, 4) is 0 Å². The van der Waals surface area contributed by atoms with Crippen molar-refractivity contribution in [2.75, 3.05) is 23.3 Å². The second-order valence-corrected chi connectivity index (χ2v) is 9.26. The summed E-state index contributed by atoms with van der Waals surface area (Å²) in [5.41, 5.74) is 5.08. The summed E-state index contributed by atoms with van der Waals surface area (Å²) in [7, 11) is 0. The lowest BCUT2D eigenvalue weighted by Crippen LogP contribution is -2.35. The lowest BCUT2D eigenvalue weighted by atomic mass is 9.75. The number of pyridine rings is 1. The minimum absolute atomic E-state index is 0.112. The number of halogens is 1. The highest BCUT2D eigenvalue weighted by atomic mass is 79.9. The standard InChI is InChI=1S/C26H29BrN4O2/c1-4-31(5-2)19-12-9-17(10-13-19)24-23(26(33)30-22-14-11-18(27)15-28-22)16(3)29-20-7-6-8-21(32)25(20)24/h9-15,24,29H,4-8H2,1-3H3,(H,28,30,33)/t24-/m1/s1. The van der Waals surface area contributed by atoms with E-state index in [0.717, 1.165) is 58.6 Å². The van der Waals surface area contributed by atoms with Crippen LogP contribution in [0.2, 0.25) is 0 Å². The number of aromatic nitrogens is 1. The Hall–Kier alpha value is -2.93. The zero-order valence-electron chi connectivity index (χ0n) is 19.2. The molecule has 1 atom stereocenters. The zero-order valence-corrected chi connectivity index (χ0v) is 20.8. The van der Waals surface area contributed by atoms with Crippen molar-refractivity contribution < 1.29 is 9.59 Å². The first-order valence-corrected chi connectivity index (χ1v) is 12.2. The molecule has 0 saturated heterocycles. The third kappa shape index (κ3) is 4.74. The number of nitrogens with one attached hydrogen (secondary N) is 2. The van der Waals surface area contributed by atoms with Crippen molar-refractivity contribution in [2.45, 2.75) is 46.0 Å². The molecule has 2 aromatic rings. The third-order valence-electron chi connectivity index (χ3n) is 6.34. The first-order valence-electron chi connectivity index (χ1n) is 11.4. The molecule has 0 saturated carbocycles. The predicted molar refractivity (Wildman–Crippen MR) is 135 cm³/mol. The average Bonchev–Trinajstić information content (AvgIpc) is 2.81. The largest absolute Gasteiger partial charge is 0.372 e. The van der Waals surface area contributed by atoms with Gasteiger partial charge in [0.15, 0.2) is 5.78 Å². The second kappa shape index (κ2) is 9.91. The van der Waals surface area contributed by atoms with E-state index in [1.807, 2.05) is 13.0 Å². The van der Waals surface area contributed by atoms with Gasteiger partial charge in [0.25, 0.3) is 5.91 Å². The quantitative estimate of drug-likeness (QED) is 0.553. The van der Waals surface area contributed by atoms with Gasteiger partial charge in [0.05, 0.1) is 0 Å². The van der Waals surface area contributed by atoms with Crippen molar-refractivity contribution >= 4 is 39.1 Å². The molecular weight excluding hydrogens is 480 g/mol. The molecule has 1 amide bonds. The molecule has 6 nitrogen and oxygen atoms in total. The third-order valence-corrected chi connectivity index (χ3v) is 6.81. The van der Waals surface area contributed by atoms with Crippen molar-refractivity contribution in [1.82, 2.24) is 10.3 Å². The van der Waals surface area contributed by atoms with Crippen molar-refractivity contribution in [3.63, 3.8) is 0 Å². The Morgan fingerprint density at radius 2 is 1.88 bits per heavy atom. The number of dihydropyridines is 1. The Morgan fingerprint density at radius 3 is 2.52 bits per heavy atom. The van der Waals surface area contributed by atoms with Gasteiger partial charge in [0.2, 0.25) is 0 Å². The van der Waals surface area contributed by atoms with Crippen LogP contribution in [-0.4, -0.2) is 29.8 Å². The highest BCUT2D eigenvalue weighted by Crippen LogP contribution is 2.42. The van der Waals surface area contributed by atoms with E-state index >= 15 is 0 Å². The van der Waals surface area contributed by atoms with Crippen LogP contribution in [0.1, 0.15) is 51.5 Å². The maximum absolute atomic E-state index is 13.5. The smallest absolute Gasteiger partial charge is 0.255 e. The molecule has 4 rings (SSSR count). The number of carbonyl (C=O) groups is 2. The molecule has 0 unspecified atom stereocenters. The Kier molecular flexibility index (Phi) is 6.98.